The summed E-state index contributed by atoms with van der Waals surface area (Å²) in [5.74, 6) is -1.65. The van der Waals surface area contributed by atoms with Crippen molar-refractivity contribution < 1.29 is 23.9 Å². The molecular formula is C26H24ClNO5. The maximum atomic E-state index is 12.7. The van der Waals surface area contributed by atoms with Gasteiger partial charge in [0.2, 0.25) is 0 Å². The van der Waals surface area contributed by atoms with Gasteiger partial charge in [0.1, 0.15) is 19.3 Å². The number of ether oxygens (including phenoxy) is 2. The molecule has 7 heteroatoms. The van der Waals surface area contributed by atoms with Crippen LogP contribution in [-0.4, -0.2) is 23.9 Å². The van der Waals surface area contributed by atoms with E-state index < -0.39 is 23.9 Å². The molecule has 0 saturated heterocycles. The quantitative estimate of drug-likeness (QED) is 0.439. The summed E-state index contributed by atoms with van der Waals surface area (Å²) in [6.07, 6.45) is -0.0435. The van der Waals surface area contributed by atoms with Gasteiger partial charge in [0.05, 0.1) is 10.6 Å². The van der Waals surface area contributed by atoms with E-state index in [0.717, 1.165) is 11.1 Å². The third-order valence-electron chi connectivity index (χ3n) is 4.81. The van der Waals surface area contributed by atoms with E-state index in [1.165, 1.54) is 0 Å². The fraction of sp³-hybridized carbons (Fsp3) is 0.192. The highest BCUT2D eigenvalue weighted by Gasteiger charge is 2.25. The summed E-state index contributed by atoms with van der Waals surface area (Å²) in [6, 6.07) is 23.9. The van der Waals surface area contributed by atoms with E-state index >= 15 is 0 Å². The Hall–Kier alpha value is -3.64. The number of halogens is 1. The fourth-order valence-corrected chi connectivity index (χ4v) is 3.25. The lowest BCUT2D eigenvalue weighted by molar-refractivity contribution is -0.148. The minimum Gasteiger partial charge on any atom is -0.461 e. The molecule has 0 aromatic heterocycles. The number of amides is 1. The van der Waals surface area contributed by atoms with E-state index in [9.17, 15) is 14.4 Å². The van der Waals surface area contributed by atoms with Gasteiger partial charge in [0.15, 0.2) is 0 Å². The Morgan fingerprint density at radius 3 is 1.91 bits per heavy atom. The minimum atomic E-state index is -1.04. The molecule has 0 bridgehead atoms. The lowest BCUT2D eigenvalue weighted by Crippen LogP contribution is -2.42. The van der Waals surface area contributed by atoms with Gasteiger partial charge in [-0.25, -0.2) is 4.79 Å². The molecule has 0 saturated carbocycles. The first-order valence-corrected chi connectivity index (χ1v) is 10.9. The average Bonchev–Trinajstić information content (AvgIpc) is 2.85. The number of hydrogen-bond donors (Lipinski definition) is 1. The molecule has 3 aromatic carbocycles. The first-order valence-electron chi connectivity index (χ1n) is 10.5. The largest absolute Gasteiger partial charge is 0.461 e. The molecule has 0 spiro atoms. The Morgan fingerprint density at radius 2 is 1.30 bits per heavy atom. The van der Waals surface area contributed by atoms with E-state index in [1.807, 2.05) is 60.7 Å². The van der Waals surface area contributed by atoms with Crippen LogP contribution < -0.4 is 5.32 Å². The van der Waals surface area contributed by atoms with E-state index in [-0.39, 0.29) is 36.6 Å². The van der Waals surface area contributed by atoms with Crippen molar-refractivity contribution in [2.24, 2.45) is 0 Å². The van der Waals surface area contributed by atoms with Crippen LogP contribution in [-0.2, 0) is 32.3 Å². The SMILES string of the molecule is O=C(CCC(NC(=O)c1ccccc1Cl)C(=O)OCc1ccccc1)OCc1ccccc1. The summed E-state index contributed by atoms with van der Waals surface area (Å²) in [6.45, 7) is 0.186. The minimum absolute atomic E-state index is 0.0252. The Kier molecular flexibility index (Phi) is 9.03. The van der Waals surface area contributed by atoms with Gasteiger partial charge in [-0.05, 0) is 29.7 Å². The van der Waals surface area contributed by atoms with Gasteiger partial charge in [-0.15, -0.1) is 0 Å². The molecule has 0 radical (unpaired) electrons. The molecule has 3 aromatic rings. The Labute approximate surface area is 197 Å². The van der Waals surface area contributed by atoms with Crippen molar-refractivity contribution >= 4 is 29.4 Å². The van der Waals surface area contributed by atoms with Gasteiger partial charge in [-0.3, -0.25) is 9.59 Å². The van der Waals surface area contributed by atoms with Gasteiger partial charge in [0.25, 0.3) is 5.91 Å². The summed E-state index contributed by atoms with van der Waals surface area (Å²) in [5.41, 5.74) is 1.90. The number of carbonyl (C=O) groups excluding carboxylic acids is 3. The van der Waals surface area contributed by atoms with Crippen molar-refractivity contribution in [3.8, 4) is 0 Å². The molecule has 33 heavy (non-hydrogen) atoms. The monoisotopic (exact) mass is 465 g/mol. The van der Waals surface area contributed by atoms with E-state index in [0.29, 0.717) is 0 Å². The predicted octanol–water partition coefficient (Wildman–Crippen LogP) is 4.71. The molecule has 1 N–H and O–H groups in total. The third-order valence-corrected chi connectivity index (χ3v) is 5.14. The van der Waals surface area contributed by atoms with Crippen molar-refractivity contribution in [2.45, 2.75) is 32.1 Å². The number of benzene rings is 3. The van der Waals surface area contributed by atoms with E-state index in [1.54, 1.807) is 24.3 Å². The number of esters is 2. The zero-order valence-corrected chi connectivity index (χ0v) is 18.7. The lowest BCUT2D eigenvalue weighted by atomic mass is 10.1. The number of carbonyl (C=O) groups is 3. The molecule has 0 aliphatic carbocycles. The molecule has 170 valence electrons. The Morgan fingerprint density at radius 1 is 0.758 bits per heavy atom. The smallest absolute Gasteiger partial charge is 0.328 e. The second kappa shape index (κ2) is 12.4. The first kappa shape index (κ1) is 24.0. The van der Waals surface area contributed by atoms with Gasteiger partial charge in [0, 0.05) is 6.42 Å². The van der Waals surface area contributed by atoms with E-state index in [4.69, 9.17) is 21.1 Å². The van der Waals surface area contributed by atoms with Crippen LogP contribution in [0, 0.1) is 0 Å². The zero-order chi connectivity index (χ0) is 23.5. The Balaban J connectivity index is 1.61. The third kappa shape index (κ3) is 7.77. The normalized spacial score (nSPS) is 11.3. The summed E-state index contributed by atoms with van der Waals surface area (Å²) in [5, 5.41) is 2.89. The van der Waals surface area contributed by atoms with Crippen LogP contribution in [0.3, 0.4) is 0 Å². The van der Waals surface area contributed by atoms with Gasteiger partial charge < -0.3 is 14.8 Å². The van der Waals surface area contributed by atoms with Crippen molar-refractivity contribution in [2.75, 3.05) is 0 Å². The second-order valence-corrected chi connectivity index (χ2v) is 7.69. The number of nitrogens with one attached hydrogen (secondary N) is 1. The van der Waals surface area contributed by atoms with Crippen molar-refractivity contribution in [1.82, 2.24) is 5.32 Å². The van der Waals surface area contributed by atoms with Crippen LogP contribution in [0.5, 0.6) is 0 Å². The van der Waals surface area contributed by atoms with Crippen LogP contribution in [0.1, 0.15) is 34.3 Å². The Bertz CT molecular complexity index is 1070. The molecule has 0 aliphatic rings. The summed E-state index contributed by atoms with van der Waals surface area (Å²) < 4.78 is 10.7. The molecular weight excluding hydrogens is 442 g/mol. The standard InChI is InChI=1S/C26H24ClNO5/c27-22-14-8-7-13-21(22)25(30)28-23(26(31)33-18-20-11-5-2-6-12-20)15-16-24(29)32-17-19-9-3-1-4-10-19/h1-14,23H,15-18H2,(H,28,30). The molecule has 6 nitrogen and oxygen atoms in total. The fourth-order valence-electron chi connectivity index (χ4n) is 3.03. The van der Waals surface area contributed by atoms with Crippen LogP contribution in [0.15, 0.2) is 84.9 Å². The van der Waals surface area contributed by atoms with Crippen molar-refractivity contribution in [1.29, 1.82) is 0 Å². The maximum absolute atomic E-state index is 12.7. The summed E-state index contributed by atoms with van der Waals surface area (Å²) in [4.78, 5) is 37.7. The first-order chi connectivity index (χ1) is 16.0. The zero-order valence-electron chi connectivity index (χ0n) is 17.9. The van der Waals surface area contributed by atoms with Crippen LogP contribution in [0.4, 0.5) is 0 Å². The topological polar surface area (TPSA) is 81.7 Å². The van der Waals surface area contributed by atoms with Crippen LogP contribution >= 0.6 is 11.6 Å². The predicted molar refractivity (Wildman–Crippen MR) is 124 cm³/mol. The molecule has 3 rings (SSSR count). The highest BCUT2D eigenvalue weighted by Crippen LogP contribution is 2.16. The van der Waals surface area contributed by atoms with Gasteiger partial charge >= 0.3 is 11.9 Å². The van der Waals surface area contributed by atoms with E-state index in [2.05, 4.69) is 5.32 Å². The highest BCUT2D eigenvalue weighted by molar-refractivity contribution is 6.33. The maximum Gasteiger partial charge on any atom is 0.328 e. The molecule has 0 heterocycles. The van der Waals surface area contributed by atoms with Gasteiger partial charge in [-0.2, -0.15) is 0 Å². The summed E-state index contributed by atoms with van der Waals surface area (Å²) in [7, 11) is 0. The van der Waals surface area contributed by atoms with Gasteiger partial charge in [-0.1, -0.05) is 84.4 Å². The molecule has 0 aliphatic heterocycles. The van der Waals surface area contributed by atoms with Crippen LogP contribution in [0.25, 0.3) is 0 Å². The van der Waals surface area contributed by atoms with Crippen LogP contribution in [0.2, 0.25) is 5.02 Å². The summed E-state index contributed by atoms with van der Waals surface area (Å²) >= 11 is 6.10. The van der Waals surface area contributed by atoms with Crippen molar-refractivity contribution in [3.63, 3.8) is 0 Å². The van der Waals surface area contributed by atoms with Crippen molar-refractivity contribution in [3.05, 3.63) is 107 Å². The second-order valence-electron chi connectivity index (χ2n) is 7.28. The molecule has 1 unspecified atom stereocenters. The molecule has 1 amide bonds. The number of rotatable bonds is 10. The lowest BCUT2D eigenvalue weighted by Gasteiger charge is -2.18. The molecule has 0 fully saturated rings. The molecule has 1 atom stereocenters. The number of hydrogen-bond acceptors (Lipinski definition) is 5. The average molecular weight is 466 g/mol. The highest BCUT2D eigenvalue weighted by atomic mass is 35.5.